The molecule has 7 nitrogen and oxygen atoms in total. The molecule has 0 spiro atoms. The Labute approximate surface area is 146 Å². The van der Waals surface area contributed by atoms with Gasteiger partial charge in [-0.1, -0.05) is 12.1 Å². The molecule has 0 aromatic heterocycles. The normalized spacial score (nSPS) is 22.4. The van der Waals surface area contributed by atoms with Crippen molar-refractivity contribution in [2.45, 2.75) is 45.4 Å². The Morgan fingerprint density at radius 3 is 2.12 bits per heavy atom. The quantitative estimate of drug-likeness (QED) is 0.746. The van der Waals surface area contributed by atoms with Crippen molar-refractivity contribution in [3.63, 3.8) is 0 Å². The van der Waals surface area contributed by atoms with Crippen LogP contribution in [0.15, 0.2) is 24.3 Å². The van der Waals surface area contributed by atoms with Gasteiger partial charge < -0.3 is 19.1 Å². The molecule has 3 atom stereocenters. The number of rotatable bonds is 5. The van der Waals surface area contributed by atoms with Crippen LogP contribution in [0.5, 0.6) is 5.75 Å². The van der Waals surface area contributed by atoms with E-state index in [4.69, 9.17) is 14.2 Å². The third kappa shape index (κ3) is 4.71. The highest BCUT2D eigenvalue weighted by Crippen LogP contribution is 2.28. The van der Waals surface area contributed by atoms with Crippen molar-refractivity contribution in [3.05, 3.63) is 29.8 Å². The van der Waals surface area contributed by atoms with Gasteiger partial charge in [0.15, 0.2) is 12.2 Å². The van der Waals surface area contributed by atoms with Gasteiger partial charge in [0, 0.05) is 20.8 Å². The molecular weight excluding hydrogens is 326 g/mol. The van der Waals surface area contributed by atoms with Gasteiger partial charge in [0.25, 0.3) is 0 Å². The van der Waals surface area contributed by atoms with E-state index >= 15 is 0 Å². The summed E-state index contributed by atoms with van der Waals surface area (Å²) in [4.78, 5) is 36.5. The molecule has 0 radical (unpaired) electrons. The molecule has 0 bridgehead atoms. The van der Waals surface area contributed by atoms with Crippen LogP contribution < -0.4 is 4.74 Å². The van der Waals surface area contributed by atoms with E-state index in [1.165, 1.54) is 20.8 Å². The van der Waals surface area contributed by atoms with Crippen LogP contribution in [0.4, 0.5) is 0 Å². The van der Waals surface area contributed by atoms with Gasteiger partial charge in [0.2, 0.25) is 5.91 Å². The number of amides is 1. The van der Waals surface area contributed by atoms with E-state index in [9.17, 15) is 14.4 Å². The van der Waals surface area contributed by atoms with Crippen molar-refractivity contribution >= 4 is 17.8 Å². The van der Waals surface area contributed by atoms with Gasteiger partial charge in [-0.25, -0.2) is 0 Å². The minimum atomic E-state index is -0.701. The van der Waals surface area contributed by atoms with E-state index < -0.39 is 30.2 Å². The summed E-state index contributed by atoms with van der Waals surface area (Å²) in [6.45, 7) is 4.24. The smallest absolute Gasteiger partial charge is 0.303 e. The van der Waals surface area contributed by atoms with Gasteiger partial charge in [-0.2, -0.15) is 0 Å². The topological polar surface area (TPSA) is 82.1 Å². The van der Waals surface area contributed by atoms with Crippen molar-refractivity contribution in [2.24, 2.45) is 0 Å². The summed E-state index contributed by atoms with van der Waals surface area (Å²) in [7, 11) is 1.59. The maximum atomic E-state index is 12.0. The third-order valence-electron chi connectivity index (χ3n) is 4.15. The molecule has 25 heavy (non-hydrogen) atoms. The summed E-state index contributed by atoms with van der Waals surface area (Å²) >= 11 is 0. The number of likely N-dealkylation sites (tertiary alicyclic amines) is 1. The second-order valence-corrected chi connectivity index (χ2v) is 6.01. The molecule has 1 aromatic carbocycles. The summed E-state index contributed by atoms with van der Waals surface area (Å²) in [5.74, 6) is -0.388. The van der Waals surface area contributed by atoms with E-state index in [0.717, 1.165) is 11.3 Å². The molecule has 0 aliphatic carbocycles. The Morgan fingerprint density at radius 1 is 1.04 bits per heavy atom. The van der Waals surface area contributed by atoms with Crippen LogP contribution in [0.2, 0.25) is 0 Å². The number of hydrogen-bond acceptors (Lipinski definition) is 6. The standard InChI is InChI=1S/C18H23NO6/c1-11(20)19-10-17(24-12(2)21)18(25-13(3)22)16(19)9-14-5-7-15(23-4)8-6-14/h5-8,16-18H,9-10H2,1-4H3. The van der Waals surface area contributed by atoms with Gasteiger partial charge in [-0.3, -0.25) is 14.4 Å². The van der Waals surface area contributed by atoms with Crippen LogP contribution in [0.25, 0.3) is 0 Å². The zero-order valence-corrected chi connectivity index (χ0v) is 14.9. The monoisotopic (exact) mass is 349 g/mol. The van der Waals surface area contributed by atoms with Gasteiger partial charge in [-0.15, -0.1) is 0 Å². The molecule has 1 aromatic rings. The van der Waals surface area contributed by atoms with E-state index in [1.807, 2.05) is 24.3 Å². The van der Waals surface area contributed by atoms with Crippen molar-refractivity contribution in [2.75, 3.05) is 13.7 Å². The molecular formula is C18H23NO6. The Bertz CT molecular complexity index is 641. The van der Waals surface area contributed by atoms with Crippen molar-refractivity contribution in [3.8, 4) is 5.75 Å². The predicted octanol–water partition coefficient (Wildman–Crippen LogP) is 1.33. The third-order valence-corrected chi connectivity index (χ3v) is 4.15. The highest BCUT2D eigenvalue weighted by molar-refractivity contribution is 5.75. The van der Waals surface area contributed by atoms with Crippen LogP contribution in [0, 0.1) is 0 Å². The number of carbonyl (C=O) groups is 3. The Hall–Kier alpha value is -2.57. The van der Waals surface area contributed by atoms with Gasteiger partial charge in [0.1, 0.15) is 5.75 Å². The molecule has 0 N–H and O–H groups in total. The highest BCUT2D eigenvalue weighted by Gasteiger charge is 2.47. The van der Waals surface area contributed by atoms with E-state index in [-0.39, 0.29) is 12.5 Å². The molecule has 136 valence electrons. The minimum Gasteiger partial charge on any atom is -0.497 e. The van der Waals surface area contributed by atoms with Gasteiger partial charge in [0.05, 0.1) is 19.7 Å². The van der Waals surface area contributed by atoms with Crippen LogP contribution in [0.1, 0.15) is 26.3 Å². The number of hydrogen-bond donors (Lipinski definition) is 0. The fraction of sp³-hybridized carbons (Fsp3) is 0.500. The fourth-order valence-electron chi connectivity index (χ4n) is 3.11. The summed E-state index contributed by atoms with van der Waals surface area (Å²) < 4.78 is 15.8. The van der Waals surface area contributed by atoms with Crippen molar-refractivity contribution in [1.29, 1.82) is 0 Å². The zero-order chi connectivity index (χ0) is 18.6. The number of nitrogens with zero attached hydrogens (tertiary/aromatic N) is 1. The lowest BCUT2D eigenvalue weighted by molar-refractivity contribution is -0.162. The molecule has 2 rings (SSSR count). The van der Waals surface area contributed by atoms with E-state index in [1.54, 1.807) is 12.0 Å². The molecule has 1 saturated heterocycles. The summed E-state index contributed by atoms with van der Waals surface area (Å²) in [5.41, 5.74) is 0.956. The first kappa shape index (κ1) is 18.8. The maximum Gasteiger partial charge on any atom is 0.303 e. The van der Waals surface area contributed by atoms with Gasteiger partial charge >= 0.3 is 11.9 Å². The maximum absolute atomic E-state index is 12.0. The van der Waals surface area contributed by atoms with Crippen molar-refractivity contribution in [1.82, 2.24) is 4.90 Å². The number of ether oxygens (including phenoxy) is 3. The highest BCUT2D eigenvalue weighted by atomic mass is 16.6. The largest absolute Gasteiger partial charge is 0.497 e. The van der Waals surface area contributed by atoms with Crippen molar-refractivity contribution < 1.29 is 28.6 Å². The Morgan fingerprint density at radius 2 is 1.64 bits per heavy atom. The number of carbonyl (C=O) groups excluding carboxylic acids is 3. The van der Waals surface area contributed by atoms with Crippen LogP contribution in [0.3, 0.4) is 0 Å². The predicted molar refractivity (Wildman–Crippen MR) is 89.0 cm³/mol. The minimum absolute atomic E-state index is 0.162. The SMILES string of the molecule is COc1ccc(CC2C(OC(C)=O)C(OC(C)=O)CN2C(C)=O)cc1. The lowest BCUT2D eigenvalue weighted by Gasteiger charge is -2.27. The molecule has 7 heteroatoms. The first-order valence-corrected chi connectivity index (χ1v) is 8.06. The first-order chi connectivity index (χ1) is 11.8. The molecule has 1 amide bonds. The average Bonchev–Trinajstić information content (AvgIpc) is 2.85. The summed E-state index contributed by atoms with van der Waals surface area (Å²) in [5, 5.41) is 0. The number of benzene rings is 1. The first-order valence-electron chi connectivity index (χ1n) is 8.06. The molecule has 3 unspecified atom stereocenters. The molecule has 1 aliphatic heterocycles. The average molecular weight is 349 g/mol. The number of methoxy groups -OCH3 is 1. The van der Waals surface area contributed by atoms with E-state index in [0.29, 0.717) is 6.42 Å². The summed E-state index contributed by atoms with van der Waals surface area (Å²) in [6, 6.07) is 7.03. The zero-order valence-electron chi connectivity index (χ0n) is 14.9. The number of esters is 2. The molecule has 1 fully saturated rings. The molecule has 0 saturated carbocycles. The molecule has 1 heterocycles. The van der Waals surface area contributed by atoms with Crippen LogP contribution in [-0.4, -0.2) is 54.7 Å². The Balaban J connectivity index is 2.27. The second-order valence-electron chi connectivity index (χ2n) is 6.01. The van der Waals surface area contributed by atoms with Crippen LogP contribution in [-0.2, 0) is 30.3 Å². The molecule has 1 aliphatic rings. The lowest BCUT2D eigenvalue weighted by Crippen LogP contribution is -2.42. The lowest BCUT2D eigenvalue weighted by atomic mass is 10.0. The Kier molecular flexibility index (Phi) is 6.01. The fourth-order valence-corrected chi connectivity index (χ4v) is 3.11. The summed E-state index contributed by atoms with van der Waals surface area (Å²) in [6.07, 6.45) is -0.903. The van der Waals surface area contributed by atoms with Crippen LogP contribution >= 0.6 is 0 Å². The van der Waals surface area contributed by atoms with Gasteiger partial charge in [-0.05, 0) is 24.1 Å². The van der Waals surface area contributed by atoms with E-state index in [2.05, 4.69) is 0 Å². The second kappa shape index (κ2) is 8.00.